The van der Waals surface area contributed by atoms with Crippen LogP contribution in [0.1, 0.15) is 54.9 Å². The van der Waals surface area contributed by atoms with E-state index in [0.717, 1.165) is 30.4 Å². The van der Waals surface area contributed by atoms with Gasteiger partial charge in [-0.3, -0.25) is 4.79 Å². The Morgan fingerprint density at radius 2 is 1.84 bits per heavy atom. The van der Waals surface area contributed by atoms with Gasteiger partial charge >= 0.3 is 0 Å². The van der Waals surface area contributed by atoms with Gasteiger partial charge in [0.2, 0.25) is 0 Å². The molecule has 0 saturated carbocycles. The number of carbonyl (C=O) groups is 1. The van der Waals surface area contributed by atoms with Gasteiger partial charge in [0, 0.05) is 12.7 Å². The number of rotatable bonds is 2. The van der Waals surface area contributed by atoms with Gasteiger partial charge < -0.3 is 4.74 Å². The van der Waals surface area contributed by atoms with Gasteiger partial charge in [-0.25, -0.2) is 0 Å². The third-order valence-electron chi connectivity index (χ3n) is 4.67. The molecule has 2 nitrogen and oxygen atoms in total. The molecule has 0 fully saturated rings. The summed E-state index contributed by atoms with van der Waals surface area (Å²) in [5.74, 6) is 0.147. The number of hydrogen-bond acceptors (Lipinski definition) is 2. The van der Waals surface area contributed by atoms with Gasteiger partial charge in [-0.1, -0.05) is 31.2 Å². The summed E-state index contributed by atoms with van der Waals surface area (Å²) in [5.41, 5.74) is 3.89. The minimum absolute atomic E-state index is 0.147. The zero-order chi connectivity index (χ0) is 13.5. The van der Waals surface area contributed by atoms with Crippen molar-refractivity contribution in [3.8, 4) is 0 Å². The Labute approximate surface area is 114 Å². The molecule has 0 spiro atoms. The van der Waals surface area contributed by atoms with Crippen LogP contribution in [0.4, 0.5) is 0 Å². The van der Waals surface area contributed by atoms with Crippen LogP contribution in [0.2, 0.25) is 0 Å². The van der Waals surface area contributed by atoms with Crippen LogP contribution < -0.4 is 0 Å². The Morgan fingerprint density at radius 3 is 2.53 bits per heavy atom. The molecular formula is C17H20O2. The number of methoxy groups -OCH3 is 1. The van der Waals surface area contributed by atoms with Gasteiger partial charge in [-0.05, 0) is 48.8 Å². The largest absolute Gasteiger partial charge is 0.366 e. The third kappa shape index (κ3) is 1.63. The molecular weight excluding hydrogens is 236 g/mol. The van der Waals surface area contributed by atoms with Crippen molar-refractivity contribution in [2.24, 2.45) is 0 Å². The number of allylic oxidation sites excluding steroid dienone is 1. The number of carbonyl (C=O) groups excluding carboxylic acids is 1. The first kappa shape index (κ1) is 12.6. The van der Waals surface area contributed by atoms with Gasteiger partial charge in [0.15, 0.2) is 11.4 Å². The van der Waals surface area contributed by atoms with Gasteiger partial charge in [0.05, 0.1) is 0 Å². The van der Waals surface area contributed by atoms with Crippen LogP contribution in [0, 0.1) is 0 Å². The molecule has 1 aromatic rings. The quantitative estimate of drug-likeness (QED) is 0.799. The standard InChI is InChI=1S/C17H20O2/c1-3-17(19-2)15-11-7-6-9-13(15)12-8-4-5-10-14(12)16(17)18/h4-5,8,10H,3,6-7,9,11H2,1-2H3. The van der Waals surface area contributed by atoms with E-state index in [1.807, 2.05) is 18.2 Å². The lowest BCUT2D eigenvalue weighted by molar-refractivity contribution is 0.0175. The van der Waals surface area contributed by atoms with Crippen molar-refractivity contribution in [1.29, 1.82) is 0 Å². The van der Waals surface area contributed by atoms with Crippen molar-refractivity contribution >= 4 is 11.4 Å². The molecule has 0 saturated heterocycles. The second kappa shape index (κ2) is 4.61. The Morgan fingerprint density at radius 1 is 1.16 bits per heavy atom. The van der Waals surface area contributed by atoms with Gasteiger partial charge in [-0.2, -0.15) is 0 Å². The molecule has 3 rings (SSSR count). The fraction of sp³-hybridized carbons (Fsp3) is 0.471. The van der Waals surface area contributed by atoms with Gasteiger partial charge in [0.1, 0.15) is 0 Å². The maximum absolute atomic E-state index is 12.9. The normalized spacial score (nSPS) is 26.1. The molecule has 0 aromatic heterocycles. The fourth-order valence-electron chi connectivity index (χ4n) is 3.68. The van der Waals surface area contributed by atoms with Gasteiger partial charge in [0.25, 0.3) is 0 Å². The average molecular weight is 256 g/mol. The first-order valence-electron chi connectivity index (χ1n) is 7.16. The van der Waals surface area contributed by atoms with Crippen LogP contribution >= 0.6 is 0 Å². The Kier molecular flexibility index (Phi) is 3.06. The number of ketones is 1. The summed E-state index contributed by atoms with van der Waals surface area (Å²) in [6.07, 6.45) is 5.17. The lowest BCUT2D eigenvalue weighted by Crippen LogP contribution is -2.46. The van der Waals surface area contributed by atoms with E-state index in [4.69, 9.17) is 4.74 Å². The maximum atomic E-state index is 12.9. The Hall–Kier alpha value is -1.41. The number of fused-ring (bicyclic) bond motifs is 2. The highest BCUT2D eigenvalue weighted by Gasteiger charge is 2.46. The second-order valence-electron chi connectivity index (χ2n) is 5.42. The van der Waals surface area contributed by atoms with Crippen molar-refractivity contribution in [2.75, 3.05) is 7.11 Å². The van der Waals surface area contributed by atoms with Crippen LogP contribution in [0.25, 0.3) is 5.57 Å². The Balaban J connectivity index is 2.29. The molecule has 0 bridgehead atoms. The summed E-state index contributed by atoms with van der Waals surface area (Å²) in [5, 5.41) is 0. The van der Waals surface area contributed by atoms with Crippen LogP contribution in [-0.4, -0.2) is 18.5 Å². The summed E-state index contributed by atoms with van der Waals surface area (Å²) >= 11 is 0. The van der Waals surface area contributed by atoms with E-state index in [1.165, 1.54) is 24.0 Å². The predicted molar refractivity (Wildman–Crippen MR) is 76.2 cm³/mol. The second-order valence-corrected chi connectivity index (χ2v) is 5.42. The predicted octanol–water partition coefficient (Wildman–Crippen LogP) is 4.01. The van der Waals surface area contributed by atoms with E-state index < -0.39 is 5.60 Å². The molecule has 19 heavy (non-hydrogen) atoms. The number of hydrogen-bond donors (Lipinski definition) is 0. The molecule has 1 aromatic carbocycles. The number of benzene rings is 1. The fourth-order valence-corrected chi connectivity index (χ4v) is 3.68. The van der Waals surface area contributed by atoms with Crippen molar-refractivity contribution in [1.82, 2.24) is 0 Å². The summed E-state index contributed by atoms with van der Waals surface area (Å²) in [7, 11) is 1.68. The number of ether oxygens (including phenoxy) is 1. The molecule has 1 unspecified atom stereocenters. The van der Waals surface area contributed by atoms with Crippen LogP contribution in [0.3, 0.4) is 0 Å². The first-order chi connectivity index (χ1) is 9.24. The van der Waals surface area contributed by atoms with Crippen LogP contribution in [0.5, 0.6) is 0 Å². The lowest BCUT2D eigenvalue weighted by Gasteiger charge is -2.40. The molecule has 0 aliphatic heterocycles. The van der Waals surface area contributed by atoms with E-state index >= 15 is 0 Å². The molecule has 0 amide bonds. The SMILES string of the molecule is CCC1(OC)C(=O)c2ccccc2C2=C1CCCC2. The molecule has 0 radical (unpaired) electrons. The zero-order valence-corrected chi connectivity index (χ0v) is 11.7. The highest BCUT2D eigenvalue weighted by molar-refractivity contribution is 6.12. The number of Topliss-reactive ketones (excluding diaryl/α,β-unsaturated/α-hetero) is 1. The highest BCUT2D eigenvalue weighted by atomic mass is 16.5. The zero-order valence-electron chi connectivity index (χ0n) is 11.7. The highest BCUT2D eigenvalue weighted by Crippen LogP contribution is 2.47. The van der Waals surface area contributed by atoms with Gasteiger partial charge in [-0.15, -0.1) is 0 Å². The maximum Gasteiger partial charge on any atom is 0.199 e. The average Bonchev–Trinajstić information content (AvgIpc) is 2.49. The van der Waals surface area contributed by atoms with E-state index in [2.05, 4.69) is 13.0 Å². The molecule has 2 aliphatic rings. The summed E-state index contributed by atoms with van der Waals surface area (Å²) in [6.45, 7) is 2.05. The van der Waals surface area contributed by atoms with E-state index in [-0.39, 0.29) is 5.78 Å². The molecule has 0 N–H and O–H groups in total. The minimum Gasteiger partial charge on any atom is -0.366 e. The topological polar surface area (TPSA) is 26.3 Å². The first-order valence-corrected chi connectivity index (χ1v) is 7.16. The van der Waals surface area contributed by atoms with Crippen molar-refractivity contribution in [2.45, 2.75) is 44.6 Å². The molecule has 1 atom stereocenters. The third-order valence-corrected chi connectivity index (χ3v) is 4.67. The van der Waals surface area contributed by atoms with E-state index in [1.54, 1.807) is 7.11 Å². The smallest absolute Gasteiger partial charge is 0.199 e. The molecule has 100 valence electrons. The monoisotopic (exact) mass is 256 g/mol. The molecule has 2 heteroatoms. The lowest BCUT2D eigenvalue weighted by atomic mass is 9.68. The summed E-state index contributed by atoms with van der Waals surface area (Å²) < 4.78 is 5.76. The van der Waals surface area contributed by atoms with Crippen LogP contribution in [0.15, 0.2) is 29.8 Å². The van der Waals surface area contributed by atoms with E-state index in [9.17, 15) is 4.79 Å². The van der Waals surface area contributed by atoms with Crippen molar-refractivity contribution in [3.05, 3.63) is 41.0 Å². The van der Waals surface area contributed by atoms with Crippen molar-refractivity contribution < 1.29 is 9.53 Å². The summed E-state index contributed by atoms with van der Waals surface area (Å²) in [4.78, 5) is 12.9. The van der Waals surface area contributed by atoms with Crippen molar-refractivity contribution in [3.63, 3.8) is 0 Å². The minimum atomic E-state index is -0.704. The summed E-state index contributed by atoms with van der Waals surface area (Å²) in [6, 6.07) is 8.00. The molecule has 0 heterocycles. The van der Waals surface area contributed by atoms with Crippen LogP contribution in [-0.2, 0) is 4.74 Å². The Bertz CT molecular complexity index is 550. The van der Waals surface area contributed by atoms with E-state index in [0.29, 0.717) is 0 Å². The molecule has 2 aliphatic carbocycles.